The van der Waals surface area contributed by atoms with E-state index in [4.69, 9.17) is 4.74 Å². The van der Waals surface area contributed by atoms with Gasteiger partial charge in [-0.1, -0.05) is 18.3 Å². The summed E-state index contributed by atoms with van der Waals surface area (Å²) in [5.41, 5.74) is 0.368. The lowest BCUT2D eigenvalue weighted by molar-refractivity contribution is 0.0938. The van der Waals surface area contributed by atoms with E-state index in [2.05, 4.69) is 20.8 Å². The molecule has 0 radical (unpaired) electrons. The van der Waals surface area contributed by atoms with Crippen LogP contribution in [0.2, 0.25) is 0 Å². The van der Waals surface area contributed by atoms with E-state index in [9.17, 15) is 18.4 Å². The Bertz CT molecular complexity index is 1070. The van der Waals surface area contributed by atoms with Gasteiger partial charge in [-0.2, -0.15) is 0 Å². The van der Waals surface area contributed by atoms with Gasteiger partial charge in [0.1, 0.15) is 24.0 Å². The molecular formula is C21H20F2N4O3S. The fourth-order valence-corrected chi connectivity index (χ4v) is 3.08. The molecule has 0 saturated heterocycles. The molecule has 0 unspecified atom stereocenters. The van der Waals surface area contributed by atoms with Gasteiger partial charge in [-0.3, -0.25) is 9.59 Å². The number of rotatable bonds is 8. The van der Waals surface area contributed by atoms with Crippen LogP contribution in [-0.2, 0) is 6.61 Å². The van der Waals surface area contributed by atoms with Gasteiger partial charge >= 0.3 is 0 Å². The van der Waals surface area contributed by atoms with Gasteiger partial charge in [-0.15, -0.1) is 10.2 Å². The zero-order valence-corrected chi connectivity index (χ0v) is 17.6. The average Bonchev–Trinajstić information content (AvgIpc) is 3.23. The van der Waals surface area contributed by atoms with Gasteiger partial charge in [0.05, 0.1) is 5.69 Å². The van der Waals surface area contributed by atoms with Crippen LogP contribution in [0, 0.1) is 11.6 Å². The summed E-state index contributed by atoms with van der Waals surface area (Å²) in [5, 5.41) is 13.3. The van der Waals surface area contributed by atoms with Crippen LogP contribution < -0.4 is 15.4 Å². The standard InChI is InChI=1S/C21H20F2N4O3S/c1-3-12(2)24-19(28)13-4-7-15(8-5-13)30-11-18-26-27-21(31-18)20(29)25-17-9-6-14(22)10-16(17)23/h4-10,12H,3,11H2,1-2H3,(H,24,28)(H,25,29)/t12-/m0/s1. The topological polar surface area (TPSA) is 93.2 Å². The number of nitrogens with one attached hydrogen (secondary N) is 2. The van der Waals surface area contributed by atoms with Gasteiger partial charge in [0.15, 0.2) is 5.01 Å². The van der Waals surface area contributed by atoms with E-state index in [1.807, 2.05) is 13.8 Å². The summed E-state index contributed by atoms with van der Waals surface area (Å²) in [6.07, 6.45) is 0.841. The Labute approximate surface area is 181 Å². The minimum Gasteiger partial charge on any atom is -0.486 e. The van der Waals surface area contributed by atoms with E-state index in [1.165, 1.54) is 0 Å². The van der Waals surface area contributed by atoms with Crippen LogP contribution in [0.15, 0.2) is 42.5 Å². The van der Waals surface area contributed by atoms with Gasteiger partial charge < -0.3 is 15.4 Å². The van der Waals surface area contributed by atoms with Crippen molar-refractivity contribution in [1.82, 2.24) is 15.5 Å². The lowest BCUT2D eigenvalue weighted by atomic mass is 10.2. The van der Waals surface area contributed by atoms with E-state index in [0.29, 0.717) is 22.4 Å². The van der Waals surface area contributed by atoms with Crippen molar-refractivity contribution in [3.8, 4) is 5.75 Å². The smallest absolute Gasteiger partial charge is 0.286 e. The Hall–Kier alpha value is -3.40. The van der Waals surface area contributed by atoms with E-state index in [1.54, 1.807) is 24.3 Å². The highest BCUT2D eigenvalue weighted by Crippen LogP contribution is 2.19. The molecule has 1 heterocycles. The molecule has 0 spiro atoms. The average molecular weight is 446 g/mol. The Balaban J connectivity index is 1.55. The second-order valence-corrected chi connectivity index (χ2v) is 7.74. The molecule has 0 aliphatic rings. The predicted octanol–water partition coefficient (Wildman–Crippen LogP) is 4.18. The van der Waals surface area contributed by atoms with Crippen molar-refractivity contribution in [3.05, 3.63) is 69.7 Å². The number of amides is 2. The third-order valence-electron chi connectivity index (χ3n) is 4.31. The van der Waals surface area contributed by atoms with Gasteiger partial charge in [-0.05, 0) is 49.7 Å². The van der Waals surface area contributed by atoms with Crippen LogP contribution in [-0.4, -0.2) is 28.1 Å². The van der Waals surface area contributed by atoms with E-state index < -0.39 is 17.5 Å². The Morgan fingerprint density at radius 3 is 2.52 bits per heavy atom. The summed E-state index contributed by atoms with van der Waals surface area (Å²) in [6, 6.07) is 9.57. The van der Waals surface area contributed by atoms with Crippen LogP contribution >= 0.6 is 11.3 Å². The van der Waals surface area contributed by atoms with Crippen LogP contribution in [0.4, 0.5) is 14.5 Å². The minimum absolute atomic E-state index is 0.0133. The SMILES string of the molecule is CC[C@H](C)NC(=O)c1ccc(OCc2nnc(C(=O)Nc3ccc(F)cc3F)s2)cc1. The number of hydrogen-bond donors (Lipinski definition) is 2. The number of carbonyl (C=O) groups is 2. The monoisotopic (exact) mass is 446 g/mol. The lowest BCUT2D eigenvalue weighted by Crippen LogP contribution is -2.31. The van der Waals surface area contributed by atoms with Crippen molar-refractivity contribution in [2.24, 2.45) is 0 Å². The molecule has 2 aromatic carbocycles. The molecule has 0 bridgehead atoms. The van der Waals surface area contributed by atoms with Crippen LogP contribution in [0.3, 0.4) is 0 Å². The third-order valence-corrected chi connectivity index (χ3v) is 5.20. The van der Waals surface area contributed by atoms with Gasteiger partial charge in [0, 0.05) is 17.7 Å². The molecule has 1 aromatic heterocycles. The zero-order chi connectivity index (χ0) is 22.4. The molecule has 31 heavy (non-hydrogen) atoms. The molecule has 3 aromatic rings. The van der Waals surface area contributed by atoms with Crippen molar-refractivity contribution in [1.29, 1.82) is 0 Å². The number of carbonyl (C=O) groups excluding carboxylic acids is 2. The molecule has 0 aliphatic carbocycles. The first-order valence-electron chi connectivity index (χ1n) is 9.48. The zero-order valence-electron chi connectivity index (χ0n) is 16.8. The molecule has 2 N–H and O–H groups in total. The number of aromatic nitrogens is 2. The third kappa shape index (κ3) is 6.05. The summed E-state index contributed by atoms with van der Waals surface area (Å²) in [5.74, 6) is -1.92. The first-order valence-corrected chi connectivity index (χ1v) is 10.3. The first-order chi connectivity index (χ1) is 14.9. The van der Waals surface area contributed by atoms with Crippen LogP contribution in [0.5, 0.6) is 5.75 Å². The summed E-state index contributed by atoms with van der Waals surface area (Å²) in [4.78, 5) is 24.3. The molecule has 2 amide bonds. The van der Waals surface area contributed by atoms with Crippen molar-refractivity contribution in [2.75, 3.05) is 5.32 Å². The second-order valence-electron chi connectivity index (χ2n) is 6.68. The lowest BCUT2D eigenvalue weighted by Gasteiger charge is -2.11. The molecule has 0 aliphatic heterocycles. The summed E-state index contributed by atoms with van der Waals surface area (Å²) in [7, 11) is 0. The number of benzene rings is 2. The van der Waals surface area contributed by atoms with E-state index in [-0.39, 0.29) is 29.3 Å². The molecule has 3 rings (SSSR count). The Morgan fingerprint density at radius 1 is 1.10 bits per heavy atom. The van der Waals surface area contributed by atoms with E-state index in [0.717, 1.165) is 29.9 Å². The normalized spacial score (nSPS) is 11.6. The highest BCUT2D eigenvalue weighted by molar-refractivity contribution is 7.13. The largest absolute Gasteiger partial charge is 0.486 e. The number of nitrogens with zero attached hydrogens (tertiary/aromatic N) is 2. The Kier molecular flexibility index (Phi) is 7.24. The second kappa shape index (κ2) is 10.1. The minimum atomic E-state index is -0.886. The van der Waals surface area contributed by atoms with Crippen LogP contribution in [0.1, 0.15) is 45.4 Å². The van der Waals surface area contributed by atoms with Gasteiger partial charge in [0.25, 0.3) is 11.8 Å². The predicted molar refractivity (Wildman–Crippen MR) is 112 cm³/mol. The Morgan fingerprint density at radius 2 is 1.84 bits per heavy atom. The quantitative estimate of drug-likeness (QED) is 0.542. The molecule has 1 atom stereocenters. The van der Waals surface area contributed by atoms with Crippen molar-refractivity contribution in [2.45, 2.75) is 32.9 Å². The maximum absolute atomic E-state index is 13.7. The molecule has 0 saturated carbocycles. The van der Waals surface area contributed by atoms with Crippen molar-refractivity contribution >= 4 is 28.8 Å². The number of hydrogen-bond acceptors (Lipinski definition) is 6. The molecule has 10 heteroatoms. The highest BCUT2D eigenvalue weighted by Gasteiger charge is 2.16. The summed E-state index contributed by atoms with van der Waals surface area (Å²) in [6.45, 7) is 3.99. The maximum Gasteiger partial charge on any atom is 0.286 e. The fourth-order valence-electron chi connectivity index (χ4n) is 2.43. The van der Waals surface area contributed by atoms with E-state index >= 15 is 0 Å². The molecule has 7 nitrogen and oxygen atoms in total. The van der Waals surface area contributed by atoms with Crippen LogP contribution in [0.25, 0.3) is 0 Å². The maximum atomic E-state index is 13.7. The number of anilines is 1. The molecular weight excluding hydrogens is 426 g/mol. The van der Waals surface area contributed by atoms with Crippen molar-refractivity contribution in [3.63, 3.8) is 0 Å². The van der Waals surface area contributed by atoms with Gasteiger partial charge in [-0.25, -0.2) is 8.78 Å². The number of ether oxygens (including phenoxy) is 1. The number of halogens is 2. The summed E-state index contributed by atoms with van der Waals surface area (Å²) >= 11 is 0.986. The first kappa shape index (κ1) is 22.3. The summed E-state index contributed by atoms with van der Waals surface area (Å²) < 4.78 is 32.2. The van der Waals surface area contributed by atoms with Gasteiger partial charge in [0.2, 0.25) is 5.01 Å². The van der Waals surface area contributed by atoms with Crippen molar-refractivity contribution < 1.29 is 23.1 Å². The highest BCUT2D eigenvalue weighted by atomic mass is 32.1. The molecule has 0 fully saturated rings. The fraction of sp³-hybridized carbons (Fsp3) is 0.238. The molecule has 162 valence electrons.